The highest BCUT2D eigenvalue weighted by molar-refractivity contribution is 9.10. The Labute approximate surface area is 135 Å². The largest absolute Gasteiger partial charge is 0.490 e. The van der Waals surface area contributed by atoms with Crippen molar-refractivity contribution < 1.29 is 9.47 Å². The number of rotatable bonds is 6. The lowest BCUT2D eigenvalue weighted by Gasteiger charge is -2.14. The minimum Gasteiger partial charge on any atom is -0.490 e. The minimum absolute atomic E-state index is 0.410. The Kier molecular flexibility index (Phi) is 5.86. The molecular formula is C15H15Br2NO2. The summed E-state index contributed by atoms with van der Waals surface area (Å²) in [6.45, 7) is 2.96. The van der Waals surface area contributed by atoms with Crippen LogP contribution < -0.4 is 9.47 Å². The quantitative estimate of drug-likeness (QED) is 0.657. The molecule has 3 nitrogen and oxygen atoms in total. The summed E-state index contributed by atoms with van der Waals surface area (Å²) in [6, 6.07) is 9.76. The molecule has 20 heavy (non-hydrogen) atoms. The first-order valence-corrected chi connectivity index (χ1v) is 8.20. The second kappa shape index (κ2) is 7.64. The van der Waals surface area contributed by atoms with Crippen LogP contribution in [0.15, 0.2) is 41.0 Å². The summed E-state index contributed by atoms with van der Waals surface area (Å²) in [7, 11) is 0. The van der Waals surface area contributed by atoms with Crippen LogP contribution in [-0.2, 0) is 11.9 Å². The molecule has 0 aliphatic carbocycles. The number of aromatic nitrogens is 1. The third-order valence-corrected chi connectivity index (χ3v) is 3.85. The van der Waals surface area contributed by atoms with E-state index in [1.165, 1.54) is 0 Å². The van der Waals surface area contributed by atoms with E-state index >= 15 is 0 Å². The van der Waals surface area contributed by atoms with E-state index in [0.29, 0.717) is 19.0 Å². The highest BCUT2D eigenvalue weighted by atomic mass is 79.9. The van der Waals surface area contributed by atoms with E-state index in [4.69, 9.17) is 9.47 Å². The van der Waals surface area contributed by atoms with Crippen LogP contribution in [0.4, 0.5) is 0 Å². The Bertz CT molecular complexity index is 561. The summed E-state index contributed by atoms with van der Waals surface area (Å²) in [5.41, 5.74) is 2.01. The molecule has 0 unspecified atom stereocenters. The van der Waals surface area contributed by atoms with E-state index < -0.39 is 0 Å². The normalized spacial score (nSPS) is 10.3. The van der Waals surface area contributed by atoms with E-state index in [0.717, 1.165) is 26.8 Å². The number of hydrogen-bond donors (Lipinski definition) is 0. The number of alkyl halides is 1. The van der Waals surface area contributed by atoms with Crippen molar-refractivity contribution in [2.24, 2.45) is 0 Å². The van der Waals surface area contributed by atoms with E-state index in [-0.39, 0.29) is 0 Å². The molecule has 0 saturated heterocycles. The van der Waals surface area contributed by atoms with E-state index in [2.05, 4.69) is 36.8 Å². The SMILES string of the molecule is CCOc1cc(CBr)cc(Br)c1OCc1ccccn1. The van der Waals surface area contributed by atoms with Gasteiger partial charge < -0.3 is 9.47 Å². The molecule has 1 aromatic carbocycles. The molecule has 0 spiro atoms. The van der Waals surface area contributed by atoms with Crippen molar-refractivity contribution in [3.8, 4) is 11.5 Å². The topological polar surface area (TPSA) is 31.4 Å². The molecule has 0 radical (unpaired) electrons. The summed E-state index contributed by atoms with van der Waals surface area (Å²) < 4.78 is 12.4. The predicted molar refractivity (Wildman–Crippen MR) is 86.5 cm³/mol. The second-order valence-electron chi connectivity index (χ2n) is 4.08. The maximum absolute atomic E-state index is 5.86. The zero-order chi connectivity index (χ0) is 14.4. The van der Waals surface area contributed by atoms with Crippen LogP contribution in [0.2, 0.25) is 0 Å². The summed E-state index contributed by atoms with van der Waals surface area (Å²) in [5, 5.41) is 0.770. The van der Waals surface area contributed by atoms with Crippen LogP contribution in [0.3, 0.4) is 0 Å². The lowest BCUT2D eigenvalue weighted by molar-refractivity contribution is 0.264. The predicted octanol–water partition coefficient (Wildman–Crippen LogP) is 4.72. The van der Waals surface area contributed by atoms with Crippen molar-refractivity contribution in [1.29, 1.82) is 0 Å². The van der Waals surface area contributed by atoms with Crippen LogP contribution in [0.1, 0.15) is 18.2 Å². The summed E-state index contributed by atoms with van der Waals surface area (Å²) in [4.78, 5) is 4.24. The second-order valence-corrected chi connectivity index (χ2v) is 5.50. The minimum atomic E-state index is 0.410. The number of pyridine rings is 1. The average molecular weight is 401 g/mol. The molecule has 0 bridgehead atoms. The Morgan fingerprint density at radius 2 is 2.05 bits per heavy atom. The van der Waals surface area contributed by atoms with Crippen molar-refractivity contribution in [2.45, 2.75) is 18.9 Å². The van der Waals surface area contributed by atoms with Gasteiger partial charge in [0, 0.05) is 11.5 Å². The fraction of sp³-hybridized carbons (Fsp3) is 0.267. The third kappa shape index (κ3) is 3.96. The lowest BCUT2D eigenvalue weighted by atomic mass is 10.2. The van der Waals surface area contributed by atoms with Gasteiger partial charge in [-0.25, -0.2) is 0 Å². The van der Waals surface area contributed by atoms with Crippen molar-refractivity contribution in [2.75, 3.05) is 6.61 Å². The van der Waals surface area contributed by atoms with Gasteiger partial charge >= 0.3 is 0 Å². The molecule has 0 aliphatic heterocycles. The highest BCUT2D eigenvalue weighted by Crippen LogP contribution is 2.37. The van der Waals surface area contributed by atoms with Gasteiger partial charge in [0.1, 0.15) is 6.61 Å². The van der Waals surface area contributed by atoms with Gasteiger partial charge in [0.15, 0.2) is 11.5 Å². The molecule has 0 fully saturated rings. The average Bonchev–Trinajstić information content (AvgIpc) is 2.47. The van der Waals surface area contributed by atoms with Crippen LogP contribution >= 0.6 is 31.9 Å². The zero-order valence-electron chi connectivity index (χ0n) is 11.1. The van der Waals surface area contributed by atoms with E-state index in [1.54, 1.807) is 6.20 Å². The molecule has 2 rings (SSSR count). The summed E-state index contributed by atoms with van der Waals surface area (Å²) in [6.07, 6.45) is 1.76. The number of benzene rings is 1. The van der Waals surface area contributed by atoms with Crippen molar-refractivity contribution in [3.05, 3.63) is 52.3 Å². The highest BCUT2D eigenvalue weighted by Gasteiger charge is 2.12. The van der Waals surface area contributed by atoms with E-state index in [9.17, 15) is 0 Å². The molecule has 0 amide bonds. The molecule has 5 heteroatoms. The van der Waals surface area contributed by atoms with Gasteiger partial charge in [0.25, 0.3) is 0 Å². The molecule has 0 aliphatic rings. The van der Waals surface area contributed by atoms with Gasteiger partial charge in [-0.2, -0.15) is 0 Å². The van der Waals surface area contributed by atoms with Gasteiger partial charge in [-0.3, -0.25) is 4.98 Å². The maximum atomic E-state index is 5.86. The smallest absolute Gasteiger partial charge is 0.175 e. The maximum Gasteiger partial charge on any atom is 0.175 e. The Morgan fingerprint density at radius 3 is 2.70 bits per heavy atom. The summed E-state index contributed by atoms with van der Waals surface area (Å²) in [5.74, 6) is 1.45. The first-order valence-electron chi connectivity index (χ1n) is 6.28. The Morgan fingerprint density at radius 1 is 1.20 bits per heavy atom. The molecule has 0 N–H and O–H groups in total. The van der Waals surface area contributed by atoms with Gasteiger partial charge in [-0.15, -0.1) is 0 Å². The molecular weight excluding hydrogens is 386 g/mol. The van der Waals surface area contributed by atoms with Crippen LogP contribution in [-0.4, -0.2) is 11.6 Å². The van der Waals surface area contributed by atoms with Crippen molar-refractivity contribution >= 4 is 31.9 Å². The Balaban J connectivity index is 2.21. The fourth-order valence-corrected chi connectivity index (χ4v) is 2.66. The van der Waals surface area contributed by atoms with E-state index in [1.807, 2.05) is 37.3 Å². The third-order valence-electron chi connectivity index (χ3n) is 2.61. The monoisotopic (exact) mass is 399 g/mol. The zero-order valence-corrected chi connectivity index (χ0v) is 14.3. The Hall–Kier alpha value is -1.07. The summed E-state index contributed by atoms with van der Waals surface area (Å²) >= 11 is 6.99. The van der Waals surface area contributed by atoms with Crippen molar-refractivity contribution in [1.82, 2.24) is 4.98 Å². The molecule has 1 aromatic heterocycles. The molecule has 106 valence electrons. The van der Waals surface area contributed by atoms with Gasteiger partial charge in [-0.1, -0.05) is 22.0 Å². The van der Waals surface area contributed by atoms with Gasteiger partial charge in [0.05, 0.1) is 16.8 Å². The molecule has 0 saturated carbocycles. The van der Waals surface area contributed by atoms with Crippen LogP contribution in [0, 0.1) is 0 Å². The lowest BCUT2D eigenvalue weighted by Crippen LogP contribution is -2.02. The van der Waals surface area contributed by atoms with Crippen molar-refractivity contribution in [3.63, 3.8) is 0 Å². The fourth-order valence-electron chi connectivity index (χ4n) is 1.73. The number of halogens is 2. The molecule has 0 atom stereocenters. The standard InChI is InChI=1S/C15H15Br2NO2/c1-2-19-14-8-11(9-16)7-13(17)15(14)20-10-12-5-3-4-6-18-12/h3-8H,2,9-10H2,1H3. The first-order chi connectivity index (χ1) is 9.74. The molecule has 1 heterocycles. The van der Waals surface area contributed by atoms with Gasteiger partial charge in [0.2, 0.25) is 0 Å². The van der Waals surface area contributed by atoms with Crippen LogP contribution in [0.25, 0.3) is 0 Å². The number of ether oxygens (including phenoxy) is 2. The van der Waals surface area contributed by atoms with Gasteiger partial charge in [-0.05, 0) is 52.7 Å². The van der Waals surface area contributed by atoms with Crippen LogP contribution in [0.5, 0.6) is 11.5 Å². The molecule has 2 aromatic rings. The number of hydrogen-bond acceptors (Lipinski definition) is 3. The number of nitrogens with zero attached hydrogens (tertiary/aromatic N) is 1. The first kappa shape index (κ1) is 15.3.